The number of nitrogens with one attached hydrogen (secondary N) is 1. The molecule has 0 saturated carbocycles. The van der Waals surface area contributed by atoms with E-state index in [0.29, 0.717) is 4.90 Å². The van der Waals surface area contributed by atoms with Gasteiger partial charge in [0.25, 0.3) is 0 Å². The maximum atomic E-state index is 12.1. The van der Waals surface area contributed by atoms with Crippen LogP contribution in [-0.2, 0) is 17.3 Å². The van der Waals surface area contributed by atoms with E-state index in [1.807, 2.05) is 24.3 Å². The molecular weight excluding hydrogens is 318 g/mol. The van der Waals surface area contributed by atoms with E-state index in [-0.39, 0.29) is 0 Å². The third-order valence-corrected chi connectivity index (χ3v) is 4.70. The summed E-state index contributed by atoms with van der Waals surface area (Å²) < 4.78 is 12.1. The van der Waals surface area contributed by atoms with Gasteiger partial charge in [0.1, 0.15) is 0 Å². The first-order valence-electron chi connectivity index (χ1n) is 7.76. The molecule has 0 aliphatic heterocycles. The molecule has 0 radical (unpaired) electrons. The summed E-state index contributed by atoms with van der Waals surface area (Å²) in [6.45, 7) is 0.905. The lowest BCUT2D eigenvalue weighted by Gasteiger charge is -2.14. The minimum Gasteiger partial charge on any atom is -0.354 e. The first kappa shape index (κ1) is 16.6. The fraction of sp³-hybridized carbons (Fsp3) is 0.211. The van der Waals surface area contributed by atoms with Crippen molar-refractivity contribution in [2.45, 2.75) is 11.4 Å². The Morgan fingerprint density at radius 1 is 1.08 bits per heavy atom. The van der Waals surface area contributed by atoms with Crippen LogP contribution in [0.3, 0.4) is 0 Å². The van der Waals surface area contributed by atoms with Crippen molar-refractivity contribution in [3.8, 4) is 0 Å². The number of rotatable bonds is 5. The zero-order chi connectivity index (χ0) is 17.1. The van der Waals surface area contributed by atoms with Gasteiger partial charge in [-0.2, -0.15) is 0 Å². The van der Waals surface area contributed by atoms with Crippen molar-refractivity contribution >= 4 is 33.1 Å². The van der Waals surface area contributed by atoms with Crippen LogP contribution >= 0.6 is 0 Å². The van der Waals surface area contributed by atoms with Crippen LogP contribution in [0.1, 0.15) is 5.56 Å². The summed E-state index contributed by atoms with van der Waals surface area (Å²) in [7, 11) is 2.99. The molecule has 4 nitrogen and oxygen atoms in total. The van der Waals surface area contributed by atoms with Gasteiger partial charge in [0.2, 0.25) is 0 Å². The molecule has 2 aromatic carbocycles. The number of benzene rings is 2. The molecule has 0 bridgehead atoms. The summed E-state index contributed by atoms with van der Waals surface area (Å²) in [6.07, 6.45) is 3.37. The van der Waals surface area contributed by atoms with E-state index in [1.54, 1.807) is 12.5 Å². The number of pyridine rings is 1. The molecule has 0 fully saturated rings. The Labute approximate surface area is 145 Å². The number of hydrogen-bond donors (Lipinski definition) is 1. The average molecular weight is 339 g/mol. The van der Waals surface area contributed by atoms with Crippen LogP contribution in [0.4, 0.5) is 11.4 Å². The monoisotopic (exact) mass is 339 g/mol. The highest BCUT2D eigenvalue weighted by Crippen LogP contribution is 2.30. The molecule has 0 spiro atoms. The summed E-state index contributed by atoms with van der Waals surface area (Å²) in [5.41, 5.74) is 3.98. The van der Waals surface area contributed by atoms with Gasteiger partial charge in [-0.1, -0.05) is 30.3 Å². The van der Waals surface area contributed by atoms with E-state index in [0.717, 1.165) is 28.8 Å². The lowest BCUT2D eigenvalue weighted by atomic mass is 10.1. The molecular formula is C19H21N3OS. The molecule has 1 unspecified atom stereocenters. The van der Waals surface area contributed by atoms with Crippen LogP contribution in [0.5, 0.6) is 0 Å². The summed E-state index contributed by atoms with van der Waals surface area (Å²) in [4.78, 5) is 7.26. The van der Waals surface area contributed by atoms with Crippen LogP contribution in [-0.4, -0.2) is 34.4 Å². The Bertz CT molecular complexity index is 875. The molecule has 0 aliphatic carbocycles. The molecule has 24 heavy (non-hydrogen) atoms. The van der Waals surface area contributed by atoms with Crippen molar-refractivity contribution < 1.29 is 4.21 Å². The predicted octanol–water partition coefficient (Wildman–Crippen LogP) is 3.78. The van der Waals surface area contributed by atoms with Gasteiger partial charge in [-0.3, -0.25) is 9.19 Å². The number of aromatic nitrogens is 1. The quantitative estimate of drug-likeness (QED) is 0.768. The van der Waals surface area contributed by atoms with E-state index >= 15 is 0 Å². The third-order valence-electron chi connectivity index (χ3n) is 3.77. The number of anilines is 2. The smallest absolute Gasteiger partial charge is 0.0809 e. The minimum absolute atomic E-state index is 0.714. The summed E-state index contributed by atoms with van der Waals surface area (Å²) >= 11 is 0. The van der Waals surface area contributed by atoms with Crippen molar-refractivity contribution in [2.75, 3.05) is 25.7 Å². The van der Waals surface area contributed by atoms with Gasteiger partial charge < -0.3 is 10.2 Å². The molecule has 1 aromatic heterocycles. The fourth-order valence-electron chi connectivity index (χ4n) is 2.67. The van der Waals surface area contributed by atoms with Crippen molar-refractivity contribution in [1.82, 2.24) is 9.88 Å². The molecule has 124 valence electrons. The van der Waals surface area contributed by atoms with Crippen molar-refractivity contribution in [2.24, 2.45) is 0 Å². The van der Waals surface area contributed by atoms with Crippen molar-refractivity contribution in [3.63, 3.8) is 0 Å². The molecule has 1 heterocycles. The highest BCUT2D eigenvalue weighted by molar-refractivity contribution is 7.84. The second kappa shape index (κ2) is 7.11. The zero-order valence-electron chi connectivity index (χ0n) is 14.1. The second-order valence-electron chi connectivity index (χ2n) is 6.03. The highest BCUT2D eigenvalue weighted by Gasteiger charge is 2.12. The SMILES string of the molecule is CN(C)Cc1ccc(Nc2c(S(C)=O)cnc3ccccc23)cc1. The molecule has 1 N–H and O–H groups in total. The van der Waals surface area contributed by atoms with Gasteiger partial charge in [0.15, 0.2) is 0 Å². The third kappa shape index (κ3) is 3.63. The van der Waals surface area contributed by atoms with Crippen LogP contribution < -0.4 is 5.32 Å². The summed E-state index contributed by atoms with van der Waals surface area (Å²) in [5, 5.41) is 4.41. The van der Waals surface area contributed by atoms with Gasteiger partial charge in [-0.05, 0) is 37.9 Å². The largest absolute Gasteiger partial charge is 0.354 e. The minimum atomic E-state index is -1.11. The molecule has 5 heteroatoms. The molecule has 0 saturated heterocycles. The van der Waals surface area contributed by atoms with E-state index < -0.39 is 10.8 Å². The second-order valence-corrected chi connectivity index (χ2v) is 7.38. The number of nitrogens with zero attached hydrogens (tertiary/aromatic N) is 2. The first-order valence-corrected chi connectivity index (χ1v) is 9.32. The van der Waals surface area contributed by atoms with Gasteiger partial charge in [0, 0.05) is 30.1 Å². The average Bonchev–Trinajstić information content (AvgIpc) is 2.56. The molecule has 3 aromatic rings. The fourth-order valence-corrected chi connectivity index (χ4v) is 3.32. The Morgan fingerprint density at radius 3 is 2.46 bits per heavy atom. The lowest BCUT2D eigenvalue weighted by molar-refractivity contribution is 0.402. The maximum Gasteiger partial charge on any atom is 0.0809 e. The van der Waals surface area contributed by atoms with Gasteiger partial charge >= 0.3 is 0 Å². The lowest BCUT2D eigenvalue weighted by Crippen LogP contribution is -2.10. The topological polar surface area (TPSA) is 45.2 Å². The molecule has 3 rings (SSSR count). The van der Waals surface area contributed by atoms with E-state index in [2.05, 4.69) is 53.6 Å². The Balaban J connectivity index is 1.99. The van der Waals surface area contributed by atoms with Gasteiger partial charge in [-0.25, -0.2) is 0 Å². The summed E-state index contributed by atoms with van der Waals surface area (Å²) in [5.74, 6) is 0. The van der Waals surface area contributed by atoms with Crippen molar-refractivity contribution in [3.05, 3.63) is 60.3 Å². The van der Waals surface area contributed by atoms with Gasteiger partial charge in [0.05, 0.1) is 26.9 Å². The highest BCUT2D eigenvalue weighted by atomic mass is 32.2. The number of para-hydroxylation sites is 1. The van der Waals surface area contributed by atoms with E-state index in [9.17, 15) is 4.21 Å². The molecule has 0 amide bonds. The molecule has 1 atom stereocenters. The Morgan fingerprint density at radius 2 is 1.79 bits per heavy atom. The standard InChI is InChI=1S/C19H21N3OS/c1-22(2)13-14-8-10-15(11-9-14)21-19-16-6-4-5-7-17(16)20-12-18(19)24(3)23/h4-12H,13H2,1-3H3,(H,20,21). The normalized spacial score (nSPS) is 12.5. The zero-order valence-corrected chi connectivity index (χ0v) is 14.9. The number of hydrogen-bond acceptors (Lipinski definition) is 4. The Hall–Kier alpha value is -2.24. The molecule has 0 aliphatic rings. The van der Waals surface area contributed by atoms with E-state index in [4.69, 9.17) is 0 Å². The van der Waals surface area contributed by atoms with Crippen LogP contribution in [0.15, 0.2) is 59.6 Å². The number of fused-ring (bicyclic) bond motifs is 1. The van der Waals surface area contributed by atoms with E-state index in [1.165, 1.54) is 5.56 Å². The van der Waals surface area contributed by atoms with Crippen molar-refractivity contribution in [1.29, 1.82) is 0 Å². The Kier molecular flexibility index (Phi) is 4.92. The van der Waals surface area contributed by atoms with Crippen LogP contribution in [0.25, 0.3) is 10.9 Å². The van der Waals surface area contributed by atoms with Crippen LogP contribution in [0, 0.1) is 0 Å². The maximum absolute atomic E-state index is 12.1. The van der Waals surface area contributed by atoms with Crippen LogP contribution in [0.2, 0.25) is 0 Å². The summed E-state index contributed by atoms with van der Waals surface area (Å²) in [6, 6.07) is 16.2. The first-order chi connectivity index (χ1) is 11.5. The predicted molar refractivity (Wildman–Crippen MR) is 101 cm³/mol. The van der Waals surface area contributed by atoms with Gasteiger partial charge in [-0.15, -0.1) is 0 Å².